The number of allylic oxidation sites excluding steroid dienone is 8. The summed E-state index contributed by atoms with van der Waals surface area (Å²) in [7, 11) is 4.55. The highest BCUT2D eigenvalue weighted by Gasteiger charge is 2.50. The number of benzene rings is 7. The van der Waals surface area contributed by atoms with Crippen LogP contribution >= 0.6 is 31.9 Å². The van der Waals surface area contributed by atoms with Crippen molar-refractivity contribution in [2.45, 2.75) is 127 Å². The highest BCUT2D eigenvalue weighted by molar-refractivity contribution is 9.10. The average molecular weight is 1130 g/mol. The van der Waals surface area contributed by atoms with Gasteiger partial charge >= 0.3 is 0 Å². The molecule has 7 aromatic carbocycles. The Labute approximate surface area is 467 Å². The summed E-state index contributed by atoms with van der Waals surface area (Å²) in [6.07, 6.45) is 27.0. The second kappa shape index (κ2) is 18.8. The van der Waals surface area contributed by atoms with Crippen molar-refractivity contribution in [3.63, 3.8) is 0 Å². The molecule has 0 bridgehead atoms. The number of hydrogen-bond acceptors (Lipinski definition) is 2. The van der Waals surface area contributed by atoms with Gasteiger partial charge in [0.05, 0.1) is 10.8 Å². The van der Waals surface area contributed by atoms with Crippen LogP contribution in [0.4, 0.5) is 22.7 Å². The number of rotatable bonds is 8. The number of likely N-dealkylation sites (N-methyl/N-ethyl adjacent to an activating group) is 2. The zero-order valence-corrected chi connectivity index (χ0v) is 48.4. The Kier molecular flexibility index (Phi) is 12.3. The molecule has 2 aliphatic carbocycles. The monoisotopic (exact) mass is 1120 g/mol. The van der Waals surface area contributed by atoms with E-state index in [1.54, 1.807) is 0 Å². The Bertz CT molecular complexity index is 3470. The third-order valence-corrected chi connectivity index (χ3v) is 20.0. The van der Waals surface area contributed by atoms with Crippen LogP contribution in [-0.4, -0.2) is 34.7 Å². The zero-order chi connectivity index (χ0) is 52.1. The van der Waals surface area contributed by atoms with Crippen LogP contribution in [0.15, 0.2) is 190 Å². The van der Waals surface area contributed by atoms with Crippen molar-refractivity contribution in [2.24, 2.45) is 0 Å². The third-order valence-electron chi connectivity index (χ3n) is 19.0. The molecule has 4 aliphatic heterocycles. The normalized spacial score (nSPS) is 20.9. The maximum absolute atomic E-state index is 3.84. The van der Waals surface area contributed by atoms with Crippen LogP contribution in [0.25, 0.3) is 21.5 Å². The molecule has 0 aromatic heterocycles. The summed E-state index contributed by atoms with van der Waals surface area (Å²) >= 11 is 7.67. The molecule has 76 heavy (non-hydrogen) atoms. The second-order valence-corrected chi connectivity index (χ2v) is 25.8. The molecule has 0 N–H and O–H groups in total. The van der Waals surface area contributed by atoms with E-state index in [0.717, 1.165) is 13.1 Å². The molecule has 2 fully saturated rings. The first-order chi connectivity index (χ1) is 36.8. The molecule has 4 nitrogen and oxygen atoms in total. The smallest absolute Gasteiger partial charge is 0.210 e. The predicted molar refractivity (Wildman–Crippen MR) is 327 cm³/mol. The quantitative estimate of drug-likeness (QED) is 0.141. The minimum absolute atomic E-state index is 0.0512. The first-order valence-electron chi connectivity index (χ1n) is 28.1. The molecule has 0 radical (unpaired) electrons. The fourth-order valence-electron chi connectivity index (χ4n) is 15.4. The van der Waals surface area contributed by atoms with Crippen molar-refractivity contribution in [1.29, 1.82) is 0 Å². The lowest BCUT2D eigenvalue weighted by Gasteiger charge is -2.36. The van der Waals surface area contributed by atoms with Crippen molar-refractivity contribution in [3.05, 3.63) is 224 Å². The van der Waals surface area contributed by atoms with Gasteiger partial charge in [-0.1, -0.05) is 155 Å². The Balaban J connectivity index is 0.863. The molecule has 6 heteroatoms. The summed E-state index contributed by atoms with van der Waals surface area (Å²) in [6.45, 7) is 11.3. The van der Waals surface area contributed by atoms with Gasteiger partial charge in [-0.2, -0.15) is 9.15 Å². The molecule has 0 saturated heterocycles. The van der Waals surface area contributed by atoms with Gasteiger partial charge in [0.2, 0.25) is 11.4 Å². The van der Waals surface area contributed by atoms with E-state index in [9.17, 15) is 0 Å². The molecule has 13 rings (SSSR count). The van der Waals surface area contributed by atoms with E-state index >= 15 is 0 Å². The predicted octanol–water partition coefficient (Wildman–Crippen LogP) is 18.3. The van der Waals surface area contributed by atoms with Crippen LogP contribution in [0.3, 0.4) is 0 Å². The number of fused-ring (bicyclic) bond motifs is 10. The van der Waals surface area contributed by atoms with Gasteiger partial charge < -0.3 is 9.80 Å². The van der Waals surface area contributed by atoms with E-state index in [0.29, 0.717) is 0 Å². The number of halogens is 2. The van der Waals surface area contributed by atoms with Crippen molar-refractivity contribution < 1.29 is 9.15 Å². The molecular weight excluding hydrogens is 1060 g/mol. The van der Waals surface area contributed by atoms with Crippen molar-refractivity contribution in [1.82, 2.24) is 0 Å². The van der Waals surface area contributed by atoms with Crippen LogP contribution in [0, 0.1) is 0 Å². The van der Waals surface area contributed by atoms with Crippen LogP contribution in [-0.2, 0) is 34.7 Å². The van der Waals surface area contributed by atoms with E-state index in [1.807, 2.05) is 0 Å². The third kappa shape index (κ3) is 7.76. The van der Waals surface area contributed by atoms with E-state index in [-0.39, 0.29) is 21.7 Å². The van der Waals surface area contributed by atoms with E-state index in [2.05, 4.69) is 263 Å². The Morgan fingerprint density at radius 1 is 0.474 bits per heavy atom. The van der Waals surface area contributed by atoms with E-state index < -0.39 is 0 Å². The highest BCUT2D eigenvalue weighted by Crippen LogP contribution is 2.57. The van der Waals surface area contributed by atoms with Gasteiger partial charge in [-0.3, -0.25) is 0 Å². The molecule has 7 aromatic rings. The topological polar surface area (TPSA) is 12.5 Å². The van der Waals surface area contributed by atoms with Gasteiger partial charge in [0.25, 0.3) is 0 Å². The van der Waals surface area contributed by atoms with Crippen LogP contribution < -0.4 is 9.80 Å². The summed E-state index contributed by atoms with van der Waals surface area (Å²) in [5.41, 5.74) is 18.9. The minimum Gasteiger partial charge on any atom is -0.347 e. The number of anilines is 2. The molecule has 382 valence electrons. The Morgan fingerprint density at radius 3 is 1.28 bits per heavy atom. The SMILES string of the molecule is CN1/C(=C/C=C/C2=[N+](Cc3ccc(C[N+]4=C(/C=C/C=C5/N(C)c6ccc(Br)cc6C56CCCCC6)C(C)(C)c5c4ccc4ccccc54)cc3)c3ccc4ccccc4c3C2(C)C)C2(CCCCC2)c2cc(Br)ccc21. The highest BCUT2D eigenvalue weighted by atomic mass is 79.9. The summed E-state index contributed by atoms with van der Waals surface area (Å²) in [5.74, 6) is 0. The average Bonchev–Trinajstić information content (AvgIpc) is 4.14. The minimum atomic E-state index is -0.218. The molecule has 2 saturated carbocycles. The van der Waals surface area contributed by atoms with Gasteiger partial charge in [0.15, 0.2) is 24.5 Å². The van der Waals surface area contributed by atoms with Crippen LogP contribution in [0.5, 0.6) is 0 Å². The second-order valence-electron chi connectivity index (χ2n) is 23.9. The zero-order valence-electron chi connectivity index (χ0n) is 45.2. The maximum Gasteiger partial charge on any atom is 0.210 e. The Morgan fingerprint density at radius 2 is 0.868 bits per heavy atom. The lowest BCUT2D eigenvalue weighted by atomic mass is 9.68. The van der Waals surface area contributed by atoms with Gasteiger partial charge in [-0.15, -0.1) is 0 Å². The summed E-state index contributed by atoms with van der Waals surface area (Å²) in [6, 6.07) is 50.7. The van der Waals surface area contributed by atoms with Gasteiger partial charge in [-0.05, 0) is 147 Å². The first-order valence-corrected chi connectivity index (χ1v) is 29.7. The lowest BCUT2D eigenvalue weighted by Crippen LogP contribution is -2.32. The lowest BCUT2D eigenvalue weighted by molar-refractivity contribution is -0.455. The van der Waals surface area contributed by atoms with Crippen LogP contribution in [0.2, 0.25) is 0 Å². The molecular formula is C70H70Br2N4+2. The fraction of sp³-hybridized carbons (Fsp3) is 0.314. The van der Waals surface area contributed by atoms with Gasteiger partial charge in [-0.25, -0.2) is 0 Å². The number of hydrogen-bond donors (Lipinski definition) is 0. The first kappa shape index (κ1) is 49.5. The van der Waals surface area contributed by atoms with Crippen LogP contribution in [0.1, 0.15) is 125 Å². The van der Waals surface area contributed by atoms with E-state index in [1.165, 1.54) is 174 Å². The Hall–Kier alpha value is -6.08. The molecule has 2 spiro atoms. The van der Waals surface area contributed by atoms with Crippen molar-refractivity contribution in [2.75, 3.05) is 23.9 Å². The fourth-order valence-corrected chi connectivity index (χ4v) is 16.2. The molecule has 6 aliphatic rings. The van der Waals surface area contributed by atoms with Crippen molar-refractivity contribution >= 4 is 87.6 Å². The summed E-state index contributed by atoms with van der Waals surface area (Å²) in [5, 5.41) is 5.26. The molecule has 4 heterocycles. The molecule has 0 atom stereocenters. The van der Waals surface area contributed by atoms with E-state index in [4.69, 9.17) is 0 Å². The number of nitrogens with zero attached hydrogens (tertiary/aromatic N) is 4. The molecule has 0 unspecified atom stereocenters. The largest absolute Gasteiger partial charge is 0.347 e. The standard InChI is InChI=1S/C70H70Br2N4/c1-67(2)61(23-17-25-63-69(39-13-7-14-40-69)55-43-51(71)33-37-57(55)73(63)5)75(59-35-31-49-19-9-11-21-53(49)65(59)67)45-47-27-29-48(30-28-47)46-76-60-36-32-50-20-10-12-22-54(50)66(60)68(3,4)62(76)24-18-26-64-70(41-15-8-16-42-70)56-44-52(72)34-38-58(56)74(64)6/h9-12,17-38,43-44H,7-8,13-16,39-42,45-46H2,1-6H3/q+2. The maximum atomic E-state index is 3.84. The summed E-state index contributed by atoms with van der Waals surface area (Å²) in [4.78, 5) is 4.95. The summed E-state index contributed by atoms with van der Waals surface area (Å²) < 4.78 is 7.56. The molecule has 0 amide bonds. The van der Waals surface area contributed by atoms with Crippen molar-refractivity contribution in [3.8, 4) is 0 Å². The van der Waals surface area contributed by atoms with Gasteiger partial charge in [0, 0.05) is 103 Å². The van der Waals surface area contributed by atoms with Gasteiger partial charge in [0.1, 0.15) is 0 Å².